The summed E-state index contributed by atoms with van der Waals surface area (Å²) >= 11 is 5.88. The molecule has 0 radical (unpaired) electrons. The molecule has 1 amide bonds. The lowest BCUT2D eigenvalue weighted by Crippen LogP contribution is -2.44. The van der Waals surface area contributed by atoms with E-state index in [-0.39, 0.29) is 11.9 Å². The van der Waals surface area contributed by atoms with Crippen molar-refractivity contribution in [3.63, 3.8) is 0 Å². The number of likely N-dealkylation sites (tertiary alicyclic amines) is 1. The lowest BCUT2D eigenvalue weighted by Gasteiger charge is -2.31. The van der Waals surface area contributed by atoms with Crippen molar-refractivity contribution >= 4 is 17.5 Å². The van der Waals surface area contributed by atoms with Gasteiger partial charge < -0.3 is 10.0 Å². The first-order valence-corrected chi connectivity index (χ1v) is 8.89. The molecule has 2 atom stereocenters. The van der Waals surface area contributed by atoms with Crippen LogP contribution in [-0.2, 0) is 0 Å². The van der Waals surface area contributed by atoms with E-state index in [4.69, 9.17) is 11.6 Å². The van der Waals surface area contributed by atoms with Crippen molar-refractivity contribution in [3.05, 3.63) is 34.9 Å². The molecule has 0 aromatic heterocycles. The van der Waals surface area contributed by atoms with Crippen LogP contribution >= 0.6 is 11.6 Å². The molecule has 2 fully saturated rings. The van der Waals surface area contributed by atoms with E-state index < -0.39 is 6.10 Å². The van der Waals surface area contributed by atoms with Crippen LogP contribution in [0.5, 0.6) is 0 Å². The first kappa shape index (κ1) is 16.7. The number of aliphatic hydroxyl groups is 1. The maximum atomic E-state index is 12.6. The third kappa shape index (κ3) is 3.70. The highest BCUT2D eigenvalue weighted by Gasteiger charge is 2.39. The average Bonchev–Trinajstić information content (AvgIpc) is 2.97. The summed E-state index contributed by atoms with van der Waals surface area (Å²) in [5.41, 5.74) is 0.611. The second kappa shape index (κ2) is 7.20. The van der Waals surface area contributed by atoms with Gasteiger partial charge in [0.25, 0.3) is 5.91 Å². The predicted octanol–water partition coefficient (Wildman–Crippen LogP) is 2.79. The first-order valence-electron chi connectivity index (χ1n) is 8.51. The number of rotatable bonds is 3. The Morgan fingerprint density at radius 2 is 1.83 bits per heavy atom. The zero-order chi connectivity index (χ0) is 16.4. The highest BCUT2D eigenvalue weighted by Crippen LogP contribution is 2.27. The summed E-state index contributed by atoms with van der Waals surface area (Å²) in [6.45, 7) is 1.44. The van der Waals surface area contributed by atoms with E-state index >= 15 is 0 Å². The minimum absolute atomic E-state index is 0.0591. The van der Waals surface area contributed by atoms with Gasteiger partial charge in [0.05, 0.1) is 12.1 Å². The Bertz CT molecular complexity index is 542. The number of β-amino-alcohol motifs (C(OH)–C–C–N with tert-alkyl or cyclic N) is 1. The van der Waals surface area contributed by atoms with Crippen LogP contribution in [0.3, 0.4) is 0 Å². The Morgan fingerprint density at radius 1 is 1.17 bits per heavy atom. The zero-order valence-electron chi connectivity index (χ0n) is 13.6. The predicted molar refractivity (Wildman–Crippen MR) is 91.8 cm³/mol. The van der Waals surface area contributed by atoms with Crippen molar-refractivity contribution in [2.24, 2.45) is 0 Å². The highest BCUT2D eigenvalue weighted by atomic mass is 35.5. The van der Waals surface area contributed by atoms with Gasteiger partial charge in [-0.15, -0.1) is 0 Å². The molecule has 3 rings (SSSR count). The van der Waals surface area contributed by atoms with Crippen molar-refractivity contribution in [3.8, 4) is 0 Å². The van der Waals surface area contributed by atoms with Gasteiger partial charge in [-0.2, -0.15) is 0 Å². The van der Waals surface area contributed by atoms with E-state index in [1.165, 1.54) is 32.1 Å². The number of likely N-dealkylation sites (N-methyl/N-ethyl adjacent to an activating group) is 1. The van der Waals surface area contributed by atoms with Crippen molar-refractivity contribution in [1.82, 2.24) is 9.80 Å². The second-order valence-electron chi connectivity index (χ2n) is 6.80. The molecule has 23 heavy (non-hydrogen) atoms. The Hall–Kier alpha value is -1.10. The summed E-state index contributed by atoms with van der Waals surface area (Å²) < 4.78 is 0. The van der Waals surface area contributed by atoms with Crippen LogP contribution in [0.4, 0.5) is 0 Å². The third-order valence-electron chi connectivity index (χ3n) is 5.29. The fourth-order valence-electron chi connectivity index (χ4n) is 3.87. The van der Waals surface area contributed by atoms with Crippen molar-refractivity contribution < 1.29 is 9.90 Å². The van der Waals surface area contributed by atoms with E-state index in [2.05, 4.69) is 4.90 Å². The Balaban J connectivity index is 1.65. The zero-order valence-corrected chi connectivity index (χ0v) is 14.4. The molecule has 1 aliphatic carbocycles. The molecule has 4 nitrogen and oxygen atoms in total. The fraction of sp³-hybridized carbons (Fsp3) is 0.611. The number of amides is 1. The van der Waals surface area contributed by atoms with Gasteiger partial charge in [-0.1, -0.05) is 30.9 Å². The summed E-state index contributed by atoms with van der Waals surface area (Å²) in [7, 11) is 1.79. The first-order chi connectivity index (χ1) is 11.1. The van der Waals surface area contributed by atoms with Gasteiger partial charge in [-0.05, 0) is 37.1 Å². The molecule has 1 aromatic rings. The quantitative estimate of drug-likeness (QED) is 0.923. The molecular weight excluding hydrogens is 312 g/mol. The van der Waals surface area contributed by atoms with E-state index in [0.29, 0.717) is 23.2 Å². The maximum Gasteiger partial charge on any atom is 0.253 e. The van der Waals surface area contributed by atoms with E-state index in [1.54, 1.807) is 36.2 Å². The van der Waals surface area contributed by atoms with Gasteiger partial charge in [0.1, 0.15) is 0 Å². The van der Waals surface area contributed by atoms with Crippen LogP contribution in [0.1, 0.15) is 42.5 Å². The molecule has 2 aliphatic rings. The number of hydrogen-bond donors (Lipinski definition) is 1. The van der Waals surface area contributed by atoms with Gasteiger partial charge in [-0.3, -0.25) is 9.69 Å². The summed E-state index contributed by atoms with van der Waals surface area (Å²) in [5, 5.41) is 11.1. The van der Waals surface area contributed by atoms with E-state index in [9.17, 15) is 9.90 Å². The number of nitrogens with zero attached hydrogens (tertiary/aromatic N) is 2. The largest absolute Gasteiger partial charge is 0.390 e. The Morgan fingerprint density at radius 3 is 2.48 bits per heavy atom. The normalized spacial score (nSPS) is 26.4. The molecule has 1 saturated carbocycles. The summed E-state index contributed by atoms with van der Waals surface area (Å²) in [5.74, 6) is -0.0591. The number of carbonyl (C=O) groups excluding carboxylic acids is 1. The van der Waals surface area contributed by atoms with Gasteiger partial charge >= 0.3 is 0 Å². The highest BCUT2D eigenvalue weighted by molar-refractivity contribution is 6.30. The van der Waals surface area contributed by atoms with Crippen LogP contribution in [0.15, 0.2) is 24.3 Å². The monoisotopic (exact) mass is 336 g/mol. The molecule has 2 unspecified atom stereocenters. The molecular formula is C18H25ClN2O2. The summed E-state index contributed by atoms with van der Waals surface area (Å²) in [6, 6.07) is 7.36. The second-order valence-corrected chi connectivity index (χ2v) is 7.24. The third-order valence-corrected chi connectivity index (χ3v) is 5.54. The fourth-order valence-corrected chi connectivity index (χ4v) is 4.00. The minimum Gasteiger partial charge on any atom is -0.390 e. The topological polar surface area (TPSA) is 43.8 Å². The van der Waals surface area contributed by atoms with Gasteiger partial charge in [0, 0.05) is 36.8 Å². The Labute approximate surface area is 143 Å². The van der Waals surface area contributed by atoms with Crippen molar-refractivity contribution in [2.75, 3.05) is 20.1 Å². The van der Waals surface area contributed by atoms with Gasteiger partial charge in [0.15, 0.2) is 0 Å². The van der Waals surface area contributed by atoms with Crippen molar-refractivity contribution in [1.29, 1.82) is 0 Å². The smallest absolute Gasteiger partial charge is 0.253 e. The standard InChI is InChI=1S/C18H25ClN2O2/c1-20(18(23)13-7-9-14(19)10-8-13)16-11-21(12-17(16)22)15-5-3-2-4-6-15/h7-10,15-17,22H,2-6,11-12H2,1H3. The lowest BCUT2D eigenvalue weighted by atomic mass is 9.94. The van der Waals surface area contributed by atoms with E-state index in [0.717, 1.165) is 6.54 Å². The van der Waals surface area contributed by atoms with Crippen LogP contribution in [-0.4, -0.2) is 59.1 Å². The molecule has 126 valence electrons. The molecule has 1 saturated heterocycles. The average molecular weight is 337 g/mol. The minimum atomic E-state index is -0.474. The van der Waals surface area contributed by atoms with Crippen LogP contribution in [0, 0.1) is 0 Å². The molecule has 1 aromatic carbocycles. The van der Waals surface area contributed by atoms with E-state index in [1.807, 2.05) is 0 Å². The summed E-state index contributed by atoms with van der Waals surface area (Å²) in [4.78, 5) is 16.7. The molecule has 0 spiro atoms. The molecule has 1 N–H and O–H groups in total. The van der Waals surface area contributed by atoms with Crippen LogP contribution in [0.25, 0.3) is 0 Å². The van der Waals surface area contributed by atoms with Gasteiger partial charge in [-0.25, -0.2) is 0 Å². The lowest BCUT2D eigenvalue weighted by molar-refractivity contribution is 0.0581. The van der Waals surface area contributed by atoms with Crippen molar-refractivity contribution in [2.45, 2.75) is 50.3 Å². The number of carbonyl (C=O) groups is 1. The number of hydrogen-bond acceptors (Lipinski definition) is 3. The number of aliphatic hydroxyl groups excluding tert-OH is 1. The summed E-state index contributed by atoms with van der Waals surface area (Å²) in [6.07, 6.45) is 5.84. The number of halogens is 1. The van der Waals surface area contributed by atoms with Crippen LogP contribution < -0.4 is 0 Å². The number of benzene rings is 1. The van der Waals surface area contributed by atoms with Crippen LogP contribution in [0.2, 0.25) is 5.02 Å². The molecule has 0 bridgehead atoms. The molecule has 5 heteroatoms. The maximum absolute atomic E-state index is 12.6. The Kier molecular flexibility index (Phi) is 5.24. The molecule has 1 aliphatic heterocycles. The SMILES string of the molecule is CN(C(=O)c1ccc(Cl)cc1)C1CN(C2CCCCC2)CC1O. The van der Waals surface area contributed by atoms with Gasteiger partial charge in [0.2, 0.25) is 0 Å². The molecule has 1 heterocycles.